The summed E-state index contributed by atoms with van der Waals surface area (Å²) in [6, 6.07) is 0. The number of rotatable bonds is 15. The average Bonchev–Trinajstić information content (AvgIpc) is 2.72. The normalized spacial score (nSPS) is 19.6. The van der Waals surface area contributed by atoms with Crippen LogP contribution in [0.1, 0.15) is 111 Å². The number of unbranched alkanes of at least 4 members (excludes halogenated alkanes) is 3. The predicted octanol–water partition coefficient (Wildman–Crippen LogP) is 7.43. The lowest BCUT2D eigenvalue weighted by molar-refractivity contribution is -0.0375. The van der Waals surface area contributed by atoms with Crippen LogP contribution in [0, 0.1) is 11.8 Å². The molecule has 0 radical (unpaired) electrons. The van der Waals surface area contributed by atoms with Crippen molar-refractivity contribution in [2.45, 2.75) is 123 Å². The second kappa shape index (κ2) is 17.1. The number of carbonyl (C=O) groups is 2. The summed E-state index contributed by atoms with van der Waals surface area (Å²) in [6.45, 7) is 9.53. The minimum atomic E-state index is -0.618. The molecular weight excluding hydrogens is 396 g/mol. The molecule has 6 heteroatoms. The van der Waals surface area contributed by atoms with E-state index in [-0.39, 0.29) is 12.2 Å². The van der Waals surface area contributed by atoms with E-state index < -0.39 is 12.3 Å². The fourth-order valence-corrected chi connectivity index (χ4v) is 4.05. The Kier molecular flexibility index (Phi) is 15.2. The summed E-state index contributed by atoms with van der Waals surface area (Å²) in [4.78, 5) is 24.1. The Morgan fingerprint density at radius 2 is 1.45 bits per heavy atom. The summed E-state index contributed by atoms with van der Waals surface area (Å²) in [5.74, 6) is 1.07. The molecule has 0 aromatic heterocycles. The van der Waals surface area contributed by atoms with E-state index in [1.54, 1.807) is 0 Å². The molecule has 0 aromatic carbocycles. The Morgan fingerprint density at radius 3 is 2.06 bits per heavy atom. The van der Waals surface area contributed by atoms with Crippen LogP contribution in [-0.4, -0.2) is 37.7 Å². The van der Waals surface area contributed by atoms with Crippen LogP contribution in [0.4, 0.5) is 9.59 Å². The summed E-state index contributed by atoms with van der Waals surface area (Å²) in [5.41, 5.74) is 0. The Hall–Kier alpha value is -1.46. The van der Waals surface area contributed by atoms with Crippen molar-refractivity contribution in [1.82, 2.24) is 0 Å². The molecule has 3 unspecified atom stereocenters. The van der Waals surface area contributed by atoms with Gasteiger partial charge in [0.05, 0.1) is 13.2 Å². The van der Waals surface area contributed by atoms with Crippen LogP contribution in [0.15, 0.2) is 0 Å². The molecule has 6 nitrogen and oxygen atoms in total. The molecule has 0 heterocycles. The van der Waals surface area contributed by atoms with Gasteiger partial charge < -0.3 is 18.9 Å². The van der Waals surface area contributed by atoms with E-state index in [0.717, 1.165) is 57.8 Å². The van der Waals surface area contributed by atoms with E-state index >= 15 is 0 Å². The fraction of sp³-hybridized carbons (Fsp3) is 0.920. The first-order valence-electron chi connectivity index (χ1n) is 12.6. The van der Waals surface area contributed by atoms with Crippen molar-refractivity contribution >= 4 is 12.3 Å². The second-order valence-corrected chi connectivity index (χ2v) is 9.35. The lowest BCUT2D eigenvalue weighted by atomic mass is 9.95. The lowest BCUT2D eigenvalue weighted by Crippen LogP contribution is -2.32. The Morgan fingerprint density at radius 1 is 0.806 bits per heavy atom. The van der Waals surface area contributed by atoms with Gasteiger partial charge in [0.15, 0.2) is 0 Å². The lowest BCUT2D eigenvalue weighted by Gasteiger charge is -2.28. The number of carbonyl (C=O) groups excluding carboxylic acids is 2. The van der Waals surface area contributed by atoms with Crippen molar-refractivity contribution in [1.29, 1.82) is 0 Å². The summed E-state index contributed by atoms with van der Waals surface area (Å²) in [6.07, 6.45) is 11.0. The maximum atomic E-state index is 12.2. The zero-order valence-electron chi connectivity index (χ0n) is 20.4. The minimum absolute atomic E-state index is 0.267. The molecule has 1 fully saturated rings. The van der Waals surface area contributed by atoms with Gasteiger partial charge in [0.2, 0.25) is 0 Å². The monoisotopic (exact) mass is 442 g/mol. The van der Waals surface area contributed by atoms with E-state index in [1.165, 1.54) is 19.3 Å². The molecule has 0 amide bonds. The van der Waals surface area contributed by atoms with Gasteiger partial charge in [-0.05, 0) is 56.8 Å². The van der Waals surface area contributed by atoms with Crippen LogP contribution in [-0.2, 0) is 18.9 Å². The first-order chi connectivity index (χ1) is 14.9. The SMILES string of the molecule is CCCCCC(CCC)COC(=O)OC1CCCC(OC(=O)OCCCCC(C)C)C1. The van der Waals surface area contributed by atoms with Crippen LogP contribution in [0.3, 0.4) is 0 Å². The Balaban J connectivity index is 2.25. The van der Waals surface area contributed by atoms with Gasteiger partial charge in [-0.15, -0.1) is 0 Å². The second-order valence-electron chi connectivity index (χ2n) is 9.35. The van der Waals surface area contributed by atoms with E-state index in [4.69, 9.17) is 18.9 Å². The van der Waals surface area contributed by atoms with Crippen LogP contribution in [0.5, 0.6) is 0 Å². The van der Waals surface area contributed by atoms with Crippen LogP contribution >= 0.6 is 0 Å². The fourth-order valence-electron chi connectivity index (χ4n) is 4.05. The summed E-state index contributed by atoms with van der Waals surface area (Å²) >= 11 is 0. The van der Waals surface area contributed by atoms with Crippen LogP contribution < -0.4 is 0 Å². The van der Waals surface area contributed by atoms with Gasteiger partial charge in [-0.1, -0.05) is 59.8 Å². The maximum Gasteiger partial charge on any atom is 0.508 e. The molecule has 0 bridgehead atoms. The molecule has 31 heavy (non-hydrogen) atoms. The van der Waals surface area contributed by atoms with Crippen molar-refractivity contribution in [3.05, 3.63) is 0 Å². The first-order valence-corrected chi connectivity index (χ1v) is 12.6. The van der Waals surface area contributed by atoms with E-state index in [2.05, 4.69) is 27.7 Å². The maximum absolute atomic E-state index is 12.2. The van der Waals surface area contributed by atoms with Gasteiger partial charge >= 0.3 is 12.3 Å². The van der Waals surface area contributed by atoms with Crippen molar-refractivity contribution in [3.63, 3.8) is 0 Å². The van der Waals surface area contributed by atoms with Gasteiger partial charge in [0.25, 0.3) is 0 Å². The molecule has 0 aliphatic heterocycles. The van der Waals surface area contributed by atoms with Crippen molar-refractivity contribution in [3.8, 4) is 0 Å². The smallest absolute Gasteiger partial charge is 0.434 e. The number of ether oxygens (including phenoxy) is 4. The highest BCUT2D eigenvalue weighted by Gasteiger charge is 2.28. The first kappa shape index (κ1) is 27.6. The van der Waals surface area contributed by atoms with Gasteiger partial charge in [0.1, 0.15) is 12.2 Å². The molecule has 1 saturated carbocycles. The van der Waals surface area contributed by atoms with Crippen molar-refractivity contribution in [2.75, 3.05) is 13.2 Å². The summed E-state index contributed by atoms with van der Waals surface area (Å²) in [7, 11) is 0. The van der Waals surface area contributed by atoms with Crippen LogP contribution in [0.2, 0.25) is 0 Å². The standard InChI is InChI=1S/C25H46O6/c1-5-7-8-14-21(12-6-2)19-29-25(27)31-23-16-11-15-22(18-23)30-24(26)28-17-10-9-13-20(3)4/h20-23H,5-19H2,1-4H3. The largest absolute Gasteiger partial charge is 0.508 e. The molecule has 0 spiro atoms. The summed E-state index contributed by atoms with van der Waals surface area (Å²) in [5, 5.41) is 0. The third kappa shape index (κ3) is 14.3. The molecule has 0 aromatic rings. The van der Waals surface area contributed by atoms with Crippen molar-refractivity contribution < 1.29 is 28.5 Å². The molecule has 182 valence electrons. The van der Waals surface area contributed by atoms with Gasteiger partial charge in [-0.2, -0.15) is 0 Å². The molecule has 1 aliphatic carbocycles. The molecule has 1 aliphatic rings. The quantitative estimate of drug-likeness (QED) is 0.194. The van der Waals surface area contributed by atoms with Gasteiger partial charge in [-0.25, -0.2) is 9.59 Å². The van der Waals surface area contributed by atoms with Gasteiger partial charge in [-0.3, -0.25) is 0 Å². The zero-order chi connectivity index (χ0) is 22.9. The predicted molar refractivity (Wildman–Crippen MR) is 122 cm³/mol. The highest BCUT2D eigenvalue weighted by atomic mass is 16.7. The topological polar surface area (TPSA) is 71.1 Å². The van der Waals surface area contributed by atoms with Crippen molar-refractivity contribution in [2.24, 2.45) is 11.8 Å². The molecule has 3 atom stereocenters. The number of hydrogen-bond donors (Lipinski definition) is 0. The van der Waals surface area contributed by atoms with Crippen LogP contribution in [0.25, 0.3) is 0 Å². The molecule has 0 N–H and O–H groups in total. The Bertz CT molecular complexity index is 479. The highest BCUT2D eigenvalue weighted by molar-refractivity contribution is 5.60. The van der Waals surface area contributed by atoms with Gasteiger partial charge in [0, 0.05) is 6.42 Å². The molecular formula is C25H46O6. The highest BCUT2D eigenvalue weighted by Crippen LogP contribution is 2.25. The number of hydrogen-bond acceptors (Lipinski definition) is 6. The zero-order valence-corrected chi connectivity index (χ0v) is 20.4. The average molecular weight is 443 g/mol. The third-order valence-electron chi connectivity index (χ3n) is 5.85. The van der Waals surface area contributed by atoms with E-state index in [9.17, 15) is 9.59 Å². The third-order valence-corrected chi connectivity index (χ3v) is 5.85. The van der Waals surface area contributed by atoms with E-state index in [0.29, 0.717) is 31.5 Å². The van der Waals surface area contributed by atoms with E-state index in [1.807, 2.05) is 0 Å². The Labute approximate surface area is 189 Å². The summed E-state index contributed by atoms with van der Waals surface area (Å²) < 4.78 is 21.5. The molecule has 0 saturated heterocycles. The minimum Gasteiger partial charge on any atom is -0.434 e. The molecule has 1 rings (SSSR count).